The normalized spacial score (nSPS) is 18.6. The van der Waals surface area contributed by atoms with Gasteiger partial charge in [0, 0.05) is 19.0 Å². The van der Waals surface area contributed by atoms with Crippen molar-refractivity contribution in [1.82, 2.24) is 4.90 Å². The Kier molecular flexibility index (Phi) is 4.80. The summed E-state index contributed by atoms with van der Waals surface area (Å²) < 4.78 is 32.5. The highest BCUT2D eigenvalue weighted by Crippen LogP contribution is 2.28. The minimum Gasteiger partial charge on any atom is -0.467 e. The van der Waals surface area contributed by atoms with Crippen molar-refractivity contribution in [3.8, 4) is 0 Å². The molecule has 0 aliphatic carbocycles. The second-order valence-electron chi connectivity index (χ2n) is 5.78. The standard InChI is InChI=1S/C17H18F2N2O3/c18-12-5-1-6-13(19)16(12)20-17(23)21-8-2-4-11(21)10-14(22)15-7-3-9-24-15/h1,3,5-7,9,11,14,22H,2,4,8,10H2,(H,20,23). The molecule has 1 aromatic carbocycles. The average molecular weight is 336 g/mol. The summed E-state index contributed by atoms with van der Waals surface area (Å²) in [6.45, 7) is 0.470. The third-order valence-electron chi connectivity index (χ3n) is 4.20. The molecule has 3 rings (SSSR count). The van der Waals surface area contributed by atoms with Crippen LogP contribution in [0, 0.1) is 11.6 Å². The number of carbonyl (C=O) groups is 1. The molecule has 1 aliphatic rings. The van der Waals surface area contributed by atoms with E-state index in [1.165, 1.54) is 17.2 Å². The number of halogens is 2. The van der Waals surface area contributed by atoms with Gasteiger partial charge in [-0.1, -0.05) is 6.07 Å². The van der Waals surface area contributed by atoms with Crippen molar-refractivity contribution in [2.45, 2.75) is 31.4 Å². The summed E-state index contributed by atoms with van der Waals surface area (Å²) in [5.74, 6) is -1.22. The maximum atomic E-state index is 13.7. The molecule has 2 heterocycles. The van der Waals surface area contributed by atoms with E-state index in [4.69, 9.17) is 4.42 Å². The third kappa shape index (κ3) is 3.41. The zero-order chi connectivity index (χ0) is 17.1. The number of hydrogen-bond donors (Lipinski definition) is 2. The summed E-state index contributed by atoms with van der Waals surface area (Å²) in [5, 5.41) is 12.5. The van der Waals surface area contributed by atoms with Gasteiger partial charge in [-0.05, 0) is 37.1 Å². The Balaban J connectivity index is 1.67. The third-order valence-corrected chi connectivity index (χ3v) is 4.20. The number of aliphatic hydroxyl groups is 1. The van der Waals surface area contributed by atoms with E-state index in [0.29, 0.717) is 25.1 Å². The van der Waals surface area contributed by atoms with Gasteiger partial charge in [0.05, 0.1) is 6.26 Å². The number of nitrogens with one attached hydrogen (secondary N) is 1. The first-order valence-corrected chi connectivity index (χ1v) is 7.79. The number of urea groups is 1. The molecule has 1 fully saturated rings. The fraction of sp³-hybridized carbons (Fsp3) is 0.353. The maximum absolute atomic E-state index is 13.7. The van der Waals surface area contributed by atoms with E-state index in [9.17, 15) is 18.7 Å². The molecule has 1 aliphatic heterocycles. The number of furan rings is 1. The SMILES string of the molecule is O=C(Nc1c(F)cccc1F)N1CCCC1CC(O)c1ccco1. The minimum absolute atomic E-state index is 0.222. The molecule has 5 nitrogen and oxygen atoms in total. The predicted molar refractivity (Wildman–Crippen MR) is 83.4 cm³/mol. The minimum atomic E-state index is -0.830. The van der Waals surface area contributed by atoms with Crippen LogP contribution in [-0.4, -0.2) is 28.6 Å². The highest BCUT2D eigenvalue weighted by atomic mass is 19.1. The molecule has 0 spiro atoms. The first-order chi connectivity index (χ1) is 11.6. The molecule has 2 amide bonds. The zero-order valence-electron chi connectivity index (χ0n) is 12.9. The lowest BCUT2D eigenvalue weighted by Crippen LogP contribution is -2.39. The molecule has 0 bridgehead atoms. The molecule has 1 aromatic heterocycles. The number of anilines is 1. The van der Waals surface area contributed by atoms with E-state index in [2.05, 4.69) is 5.32 Å². The summed E-state index contributed by atoms with van der Waals surface area (Å²) in [6.07, 6.45) is 2.43. The number of carbonyl (C=O) groups excluding carboxylic acids is 1. The van der Waals surface area contributed by atoms with Gasteiger partial charge in [0.2, 0.25) is 0 Å². The summed E-state index contributed by atoms with van der Waals surface area (Å²) in [4.78, 5) is 13.9. The second kappa shape index (κ2) is 7.00. The highest BCUT2D eigenvalue weighted by molar-refractivity contribution is 5.90. The first kappa shape index (κ1) is 16.4. The molecule has 128 valence electrons. The van der Waals surface area contributed by atoms with Gasteiger partial charge in [-0.25, -0.2) is 13.6 Å². The van der Waals surface area contributed by atoms with Crippen LogP contribution in [0.2, 0.25) is 0 Å². The van der Waals surface area contributed by atoms with Crippen molar-refractivity contribution in [1.29, 1.82) is 0 Å². The van der Waals surface area contributed by atoms with Crippen LogP contribution in [0.5, 0.6) is 0 Å². The van der Waals surface area contributed by atoms with Gasteiger partial charge >= 0.3 is 6.03 Å². The molecule has 0 saturated carbocycles. The number of benzene rings is 1. The van der Waals surface area contributed by atoms with Gasteiger partial charge in [-0.2, -0.15) is 0 Å². The summed E-state index contributed by atoms with van der Waals surface area (Å²) in [7, 11) is 0. The molecule has 1 saturated heterocycles. The zero-order valence-corrected chi connectivity index (χ0v) is 12.9. The molecular formula is C17H18F2N2O3. The Bertz CT molecular complexity index is 686. The molecule has 7 heteroatoms. The van der Waals surface area contributed by atoms with E-state index in [0.717, 1.165) is 18.6 Å². The van der Waals surface area contributed by atoms with Crippen molar-refractivity contribution in [2.24, 2.45) is 0 Å². The van der Waals surface area contributed by atoms with Crippen LogP contribution < -0.4 is 5.32 Å². The van der Waals surface area contributed by atoms with Crippen LogP contribution >= 0.6 is 0 Å². The predicted octanol–water partition coefficient (Wildman–Crippen LogP) is 3.68. The van der Waals surface area contributed by atoms with Crippen LogP contribution in [0.25, 0.3) is 0 Å². The second-order valence-corrected chi connectivity index (χ2v) is 5.78. The van der Waals surface area contributed by atoms with Gasteiger partial charge in [-0.3, -0.25) is 0 Å². The number of rotatable bonds is 4. The van der Waals surface area contributed by atoms with Gasteiger partial charge in [-0.15, -0.1) is 0 Å². The molecule has 24 heavy (non-hydrogen) atoms. The van der Waals surface area contributed by atoms with Gasteiger partial charge in [0.1, 0.15) is 29.2 Å². The van der Waals surface area contributed by atoms with Gasteiger partial charge in [0.15, 0.2) is 0 Å². The number of amides is 2. The quantitative estimate of drug-likeness (QED) is 0.895. The maximum Gasteiger partial charge on any atom is 0.322 e. The number of hydrogen-bond acceptors (Lipinski definition) is 3. The van der Waals surface area contributed by atoms with Crippen LogP contribution in [0.15, 0.2) is 41.0 Å². The largest absolute Gasteiger partial charge is 0.467 e. The van der Waals surface area contributed by atoms with Crippen molar-refractivity contribution < 1.29 is 23.1 Å². The Morgan fingerprint density at radius 2 is 2.08 bits per heavy atom. The lowest BCUT2D eigenvalue weighted by Gasteiger charge is -2.26. The Morgan fingerprint density at radius 1 is 1.33 bits per heavy atom. The van der Waals surface area contributed by atoms with Crippen LogP contribution in [0.4, 0.5) is 19.3 Å². The van der Waals surface area contributed by atoms with Crippen molar-refractivity contribution in [3.05, 3.63) is 54.0 Å². The van der Waals surface area contributed by atoms with Crippen LogP contribution in [-0.2, 0) is 0 Å². The van der Waals surface area contributed by atoms with Crippen molar-refractivity contribution >= 4 is 11.7 Å². The summed E-state index contributed by atoms with van der Waals surface area (Å²) >= 11 is 0. The van der Waals surface area contributed by atoms with Crippen molar-refractivity contribution in [2.75, 3.05) is 11.9 Å². The fourth-order valence-electron chi connectivity index (χ4n) is 3.00. The smallest absolute Gasteiger partial charge is 0.322 e. The molecule has 2 atom stereocenters. The number of aliphatic hydroxyl groups excluding tert-OH is 1. The summed E-state index contributed by atoms with van der Waals surface area (Å²) in [5.41, 5.74) is -0.459. The average Bonchev–Trinajstić information content (AvgIpc) is 3.22. The lowest BCUT2D eigenvalue weighted by molar-refractivity contribution is 0.110. The van der Waals surface area contributed by atoms with E-state index < -0.39 is 29.5 Å². The fourth-order valence-corrected chi connectivity index (χ4v) is 3.00. The van der Waals surface area contributed by atoms with E-state index >= 15 is 0 Å². The first-order valence-electron chi connectivity index (χ1n) is 7.79. The molecular weight excluding hydrogens is 318 g/mol. The summed E-state index contributed by atoms with van der Waals surface area (Å²) in [6, 6.07) is 5.95. The Hall–Kier alpha value is -2.41. The number of likely N-dealkylation sites (tertiary alicyclic amines) is 1. The van der Waals surface area contributed by atoms with Crippen LogP contribution in [0.1, 0.15) is 31.1 Å². The number of para-hydroxylation sites is 1. The Morgan fingerprint density at radius 3 is 2.75 bits per heavy atom. The Labute approximate surface area is 137 Å². The molecule has 0 radical (unpaired) electrons. The highest BCUT2D eigenvalue weighted by Gasteiger charge is 2.32. The van der Waals surface area contributed by atoms with E-state index in [1.54, 1.807) is 12.1 Å². The topological polar surface area (TPSA) is 65.7 Å². The van der Waals surface area contributed by atoms with E-state index in [-0.39, 0.29) is 6.04 Å². The monoisotopic (exact) mass is 336 g/mol. The molecule has 2 aromatic rings. The lowest BCUT2D eigenvalue weighted by atomic mass is 10.1. The van der Waals surface area contributed by atoms with Crippen LogP contribution in [0.3, 0.4) is 0 Å². The van der Waals surface area contributed by atoms with E-state index in [1.807, 2.05) is 0 Å². The molecule has 2 N–H and O–H groups in total. The van der Waals surface area contributed by atoms with Crippen molar-refractivity contribution in [3.63, 3.8) is 0 Å². The van der Waals surface area contributed by atoms with Gasteiger partial charge in [0.25, 0.3) is 0 Å². The molecule has 2 unspecified atom stereocenters. The van der Waals surface area contributed by atoms with Gasteiger partial charge < -0.3 is 19.7 Å². The number of nitrogens with zero attached hydrogens (tertiary/aromatic N) is 1.